The van der Waals surface area contributed by atoms with Crippen molar-refractivity contribution in [1.82, 2.24) is 15.8 Å². The number of alkyl carbamates (subject to hydrolysis) is 1. The Morgan fingerprint density at radius 2 is 1.71 bits per heavy atom. The second-order valence-corrected chi connectivity index (χ2v) is 8.28. The first-order chi connectivity index (χ1) is 16.4. The number of hydrogen-bond acceptors (Lipinski definition) is 6. The van der Waals surface area contributed by atoms with Crippen LogP contribution in [0.25, 0.3) is 11.1 Å². The number of aromatic carboxylic acids is 1. The Balaban J connectivity index is 1.20. The fraction of sp³-hybridized carbons (Fsp3) is 0.280. The molecule has 0 fully saturated rings. The van der Waals surface area contributed by atoms with Crippen molar-refractivity contribution in [2.24, 2.45) is 5.92 Å². The first-order valence-corrected chi connectivity index (χ1v) is 11.0. The van der Waals surface area contributed by atoms with E-state index in [0.29, 0.717) is 0 Å². The smallest absolute Gasteiger partial charge is 0.407 e. The van der Waals surface area contributed by atoms with E-state index >= 15 is 0 Å². The summed E-state index contributed by atoms with van der Waals surface area (Å²) < 4.78 is 10.4. The van der Waals surface area contributed by atoms with E-state index in [4.69, 9.17) is 14.4 Å². The number of carboxylic acids is 1. The highest BCUT2D eigenvalue weighted by Crippen LogP contribution is 2.44. The highest BCUT2D eigenvalue weighted by atomic mass is 16.5. The number of carbonyl (C=O) groups is 3. The molecule has 3 N–H and O–H groups in total. The number of nitrogens with zero attached hydrogens (tertiary/aromatic N) is 1. The van der Waals surface area contributed by atoms with Crippen LogP contribution in [0.1, 0.15) is 46.6 Å². The Morgan fingerprint density at radius 3 is 2.32 bits per heavy atom. The lowest BCUT2D eigenvalue weighted by atomic mass is 9.98. The van der Waals surface area contributed by atoms with Gasteiger partial charge in [0, 0.05) is 24.9 Å². The lowest BCUT2D eigenvalue weighted by molar-refractivity contribution is -0.122. The van der Waals surface area contributed by atoms with Crippen LogP contribution in [-0.4, -0.2) is 41.4 Å². The maximum Gasteiger partial charge on any atom is 0.407 e. The Labute approximate surface area is 196 Å². The lowest BCUT2D eigenvalue weighted by Gasteiger charge is -2.16. The van der Waals surface area contributed by atoms with Gasteiger partial charge in [-0.3, -0.25) is 4.79 Å². The monoisotopic (exact) mass is 463 g/mol. The van der Waals surface area contributed by atoms with E-state index in [-0.39, 0.29) is 55.3 Å². The molecule has 0 saturated heterocycles. The Kier molecular flexibility index (Phi) is 6.91. The third-order valence-corrected chi connectivity index (χ3v) is 5.71. The third-order valence-electron chi connectivity index (χ3n) is 5.71. The number of hydrogen-bond donors (Lipinski definition) is 3. The minimum atomic E-state index is -1.20. The molecule has 1 aromatic heterocycles. The summed E-state index contributed by atoms with van der Waals surface area (Å²) in [7, 11) is 0. The van der Waals surface area contributed by atoms with Gasteiger partial charge in [0.2, 0.25) is 5.91 Å². The molecule has 9 heteroatoms. The summed E-state index contributed by atoms with van der Waals surface area (Å²) in [4.78, 5) is 35.2. The Bertz CT molecular complexity index is 1160. The van der Waals surface area contributed by atoms with Gasteiger partial charge in [0.15, 0.2) is 11.5 Å². The van der Waals surface area contributed by atoms with Crippen LogP contribution in [0, 0.1) is 5.92 Å². The number of carboxylic acid groups (broad SMARTS) is 1. The molecule has 0 spiro atoms. The van der Waals surface area contributed by atoms with Gasteiger partial charge in [-0.05, 0) is 28.2 Å². The van der Waals surface area contributed by atoms with E-state index in [1.54, 1.807) is 0 Å². The van der Waals surface area contributed by atoms with E-state index in [0.717, 1.165) is 22.3 Å². The minimum absolute atomic E-state index is 0.0147. The number of fused-ring (bicyclic) bond motifs is 3. The number of amides is 2. The van der Waals surface area contributed by atoms with Gasteiger partial charge >= 0.3 is 12.1 Å². The Hall–Kier alpha value is -4.14. The largest absolute Gasteiger partial charge is 0.476 e. The number of nitrogens with one attached hydrogen (secondary N) is 2. The highest BCUT2D eigenvalue weighted by molar-refractivity contribution is 5.85. The SMILES string of the molecule is CC(CNC(=O)OCC1c2ccccc2-c2ccccc21)CC(=O)NCc1cc(C(=O)O)no1. The molecule has 0 aliphatic heterocycles. The van der Waals surface area contributed by atoms with Crippen molar-refractivity contribution in [3.05, 3.63) is 77.2 Å². The second-order valence-electron chi connectivity index (χ2n) is 8.28. The van der Waals surface area contributed by atoms with Gasteiger partial charge in [-0.1, -0.05) is 60.6 Å². The summed E-state index contributed by atoms with van der Waals surface area (Å²) in [6.45, 7) is 2.37. The zero-order valence-corrected chi connectivity index (χ0v) is 18.6. The standard InChI is InChI=1S/C25H25N3O6/c1-15(10-23(29)26-13-16-11-22(24(30)31)28-34-16)12-27-25(32)33-14-21-19-8-4-2-6-17(19)18-7-3-5-9-20(18)21/h2-9,11,15,21H,10,12-14H2,1H3,(H,26,29)(H,27,32)(H,30,31). The minimum Gasteiger partial charge on any atom is -0.476 e. The van der Waals surface area contributed by atoms with Gasteiger partial charge in [-0.15, -0.1) is 0 Å². The number of ether oxygens (including phenoxy) is 1. The average molecular weight is 463 g/mol. The number of aromatic nitrogens is 1. The zero-order chi connectivity index (χ0) is 24.1. The van der Waals surface area contributed by atoms with Crippen molar-refractivity contribution >= 4 is 18.0 Å². The molecule has 1 aliphatic rings. The zero-order valence-electron chi connectivity index (χ0n) is 18.6. The van der Waals surface area contributed by atoms with Crippen molar-refractivity contribution in [2.75, 3.05) is 13.2 Å². The molecule has 1 aliphatic carbocycles. The summed E-state index contributed by atoms with van der Waals surface area (Å²) in [5.74, 6) is -1.36. The molecular weight excluding hydrogens is 438 g/mol. The van der Waals surface area contributed by atoms with E-state index in [2.05, 4.69) is 40.1 Å². The maximum absolute atomic E-state index is 12.3. The molecule has 0 saturated carbocycles. The Morgan fingerprint density at radius 1 is 1.06 bits per heavy atom. The van der Waals surface area contributed by atoms with Crippen LogP contribution in [0.15, 0.2) is 59.1 Å². The molecule has 2 amide bonds. The predicted molar refractivity (Wildman–Crippen MR) is 122 cm³/mol. The van der Waals surface area contributed by atoms with Crippen LogP contribution >= 0.6 is 0 Å². The quantitative estimate of drug-likeness (QED) is 0.442. The van der Waals surface area contributed by atoms with Crippen LogP contribution < -0.4 is 10.6 Å². The first-order valence-electron chi connectivity index (χ1n) is 11.0. The third kappa shape index (κ3) is 5.25. The van der Waals surface area contributed by atoms with Gasteiger partial charge < -0.3 is 25.0 Å². The lowest BCUT2D eigenvalue weighted by Crippen LogP contribution is -2.32. The topological polar surface area (TPSA) is 131 Å². The highest BCUT2D eigenvalue weighted by Gasteiger charge is 2.29. The molecule has 4 rings (SSSR count). The molecule has 2 aromatic carbocycles. The number of benzene rings is 2. The summed E-state index contributed by atoms with van der Waals surface area (Å²) in [5.41, 5.74) is 4.39. The first kappa shape index (κ1) is 23.0. The van der Waals surface area contributed by atoms with Crippen molar-refractivity contribution in [3.63, 3.8) is 0 Å². The van der Waals surface area contributed by atoms with Crippen LogP contribution in [0.5, 0.6) is 0 Å². The molecule has 1 unspecified atom stereocenters. The van der Waals surface area contributed by atoms with Gasteiger partial charge in [-0.2, -0.15) is 0 Å². The van der Waals surface area contributed by atoms with E-state index < -0.39 is 12.1 Å². The van der Waals surface area contributed by atoms with Crippen LogP contribution in [0.3, 0.4) is 0 Å². The molecule has 1 atom stereocenters. The number of rotatable bonds is 9. The van der Waals surface area contributed by atoms with Crippen molar-refractivity contribution in [3.8, 4) is 11.1 Å². The molecule has 176 valence electrons. The summed E-state index contributed by atoms with van der Waals surface area (Å²) in [6.07, 6.45) is -0.360. The summed E-state index contributed by atoms with van der Waals surface area (Å²) in [6, 6.07) is 17.5. The molecule has 34 heavy (non-hydrogen) atoms. The molecular formula is C25H25N3O6. The predicted octanol–water partition coefficient (Wildman–Crippen LogP) is 3.55. The van der Waals surface area contributed by atoms with E-state index in [1.807, 2.05) is 31.2 Å². The molecule has 9 nitrogen and oxygen atoms in total. The van der Waals surface area contributed by atoms with E-state index in [1.165, 1.54) is 6.07 Å². The summed E-state index contributed by atoms with van der Waals surface area (Å²) in [5, 5.41) is 17.6. The van der Waals surface area contributed by atoms with Crippen molar-refractivity contribution < 1.29 is 28.8 Å². The van der Waals surface area contributed by atoms with Crippen LogP contribution in [0.4, 0.5) is 4.79 Å². The van der Waals surface area contributed by atoms with Crippen LogP contribution in [-0.2, 0) is 16.1 Å². The molecule has 3 aromatic rings. The normalized spacial score (nSPS) is 13.0. The molecule has 0 radical (unpaired) electrons. The van der Waals surface area contributed by atoms with Gasteiger partial charge in [-0.25, -0.2) is 9.59 Å². The maximum atomic E-state index is 12.3. The van der Waals surface area contributed by atoms with Crippen LogP contribution in [0.2, 0.25) is 0 Å². The average Bonchev–Trinajstić information content (AvgIpc) is 3.43. The number of carbonyl (C=O) groups excluding carboxylic acids is 2. The van der Waals surface area contributed by atoms with Gasteiger partial charge in [0.25, 0.3) is 0 Å². The second kappa shape index (κ2) is 10.2. The van der Waals surface area contributed by atoms with E-state index in [9.17, 15) is 14.4 Å². The van der Waals surface area contributed by atoms with Crippen molar-refractivity contribution in [1.29, 1.82) is 0 Å². The van der Waals surface area contributed by atoms with Crippen molar-refractivity contribution in [2.45, 2.75) is 25.8 Å². The molecule has 0 bridgehead atoms. The summed E-state index contributed by atoms with van der Waals surface area (Å²) >= 11 is 0. The molecule has 1 heterocycles. The van der Waals surface area contributed by atoms with Gasteiger partial charge in [0.1, 0.15) is 6.61 Å². The fourth-order valence-electron chi connectivity index (χ4n) is 4.05. The van der Waals surface area contributed by atoms with Gasteiger partial charge in [0.05, 0.1) is 6.54 Å². The fourth-order valence-corrected chi connectivity index (χ4v) is 4.05.